The number of carbonyl (C=O) groups is 1. The molecule has 1 saturated heterocycles. The lowest BCUT2D eigenvalue weighted by molar-refractivity contribution is 0.0702. The summed E-state index contributed by atoms with van der Waals surface area (Å²) in [6.45, 7) is 3.76. The van der Waals surface area contributed by atoms with Crippen molar-refractivity contribution in [3.63, 3.8) is 0 Å². The van der Waals surface area contributed by atoms with Gasteiger partial charge in [0.25, 0.3) is 5.91 Å². The Morgan fingerprint density at radius 3 is 2.88 bits per heavy atom. The number of amides is 1. The first-order chi connectivity index (χ1) is 8.18. The molecule has 1 amide bonds. The van der Waals surface area contributed by atoms with Gasteiger partial charge in [0.05, 0.1) is 11.9 Å². The summed E-state index contributed by atoms with van der Waals surface area (Å²) in [6, 6.07) is 0.263. The minimum absolute atomic E-state index is 0.0498. The van der Waals surface area contributed by atoms with E-state index in [2.05, 4.69) is 15.3 Å². The summed E-state index contributed by atoms with van der Waals surface area (Å²) in [7, 11) is 1.83. The van der Waals surface area contributed by atoms with Gasteiger partial charge in [0, 0.05) is 25.8 Å². The molecule has 5 nitrogen and oxygen atoms in total. The van der Waals surface area contributed by atoms with Crippen LogP contribution in [0, 0.1) is 6.92 Å². The Balaban J connectivity index is 2.05. The number of likely N-dealkylation sites (N-methyl/N-ethyl adjacent to an activating group) is 1. The molecule has 1 unspecified atom stereocenters. The number of aromatic nitrogens is 2. The van der Waals surface area contributed by atoms with E-state index in [0.717, 1.165) is 31.6 Å². The second-order valence-corrected chi connectivity index (χ2v) is 4.46. The van der Waals surface area contributed by atoms with Crippen molar-refractivity contribution in [3.8, 4) is 0 Å². The van der Waals surface area contributed by atoms with Crippen molar-refractivity contribution in [3.05, 3.63) is 23.8 Å². The lowest BCUT2D eigenvalue weighted by atomic mass is 10.1. The summed E-state index contributed by atoms with van der Waals surface area (Å²) in [5, 5.41) is 3.30. The summed E-state index contributed by atoms with van der Waals surface area (Å²) < 4.78 is 0. The van der Waals surface area contributed by atoms with Crippen molar-refractivity contribution in [1.82, 2.24) is 20.2 Å². The van der Waals surface area contributed by atoms with Gasteiger partial charge in [0.2, 0.25) is 0 Å². The first-order valence-corrected chi connectivity index (χ1v) is 5.95. The van der Waals surface area contributed by atoms with Crippen LogP contribution in [0.15, 0.2) is 12.4 Å². The first kappa shape index (κ1) is 12.0. The normalized spacial score (nSPS) is 20.0. The molecule has 1 aromatic rings. The maximum absolute atomic E-state index is 12.2. The molecule has 0 radical (unpaired) electrons. The molecule has 1 aliphatic rings. The number of rotatable bonds is 2. The average Bonchev–Trinajstić information content (AvgIpc) is 2.39. The number of hydrogen-bond donors (Lipinski definition) is 1. The molecule has 0 bridgehead atoms. The maximum atomic E-state index is 12.2. The first-order valence-electron chi connectivity index (χ1n) is 5.95. The molecule has 1 N–H and O–H groups in total. The van der Waals surface area contributed by atoms with E-state index in [1.807, 2.05) is 14.0 Å². The highest BCUT2D eigenvalue weighted by Gasteiger charge is 2.23. The topological polar surface area (TPSA) is 58.1 Å². The van der Waals surface area contributed by atoms with E-state index >= 15 is 0 Å². The van der Waals surface area contributed by atoms with Crippen LogP contribution in [0.2, 0.25) is 0 Å². The van der Waals surface area contributed by atoms with E-state index < -0.39 is 0 Å². The zero-order valence-corrected chi connectivity index (χ0v) is 10.3. The molecule has 0 aliphatic carbocycles. The Morgan fingerprint density at radius 2 is 2.29 bits per heavy atom. The van der Waals surface area contributed by atoms with Crippen molar-refractivity contribution in [2.24, 2.45) is 0 Å². The molecule has 2 heterocycles. The van der Waals surface area contributed by atoms with E-state index in [-0.39, 0.29) is 11.9 Å². The minimum Gasteiger partial charge on any atom is -0.336 e. The van der Waals surface area contributed by atoms with Crippen LogP contribution in [0.5, 0.6) is 0 Å². The quantitative estimate of drug-likeness (QED) is 0.814. The summed E-state index contributed by atoms with van der Waals surface area (Å²) in [5.74, 6) is -0.0498. The maximum Gasteiger partial charge on any atom is 0.274 e. The van der Waals surface area contributed by atoms with Crippen LogP contribution in [0.1, 0.15) is 29.0 Å². The number of piperidine rings is 1. The summed E-state index contributed by atoms with van der Waals surface area (Å²) in [5.41, 5.74) is 1.24. The van der Waals surface area contributed by atoms with Crippen LogP contribution in [-0.4, -0.2) is 47.0 Å². The second kappa shape index (κ2) is 5.23. The molecule has 1 fully saturated rings. The van der Waals surface area contributed by atoms with Gasteiger partial charge in [0.1, 0.15) is 5.69 Å². The third-order valence-electron chi connectivity index (χ3n) is 3.14. The van der Waals surface area contributed by atoms with Crippen molar-refractivity contribution in [1.29, 1.82) is 0 Å². The van der Waals surface area contributed by atoms with Gasteiger partial charge < -0.3 is 10.2 Å². The average molecular weight is 234 g/mol. The number of aryl methyl sites for hydroxylation is 1. The molecule has 1 aliphatic heterocycles. The van der Waals surface area contributed by atoms with Gasteiger partial charge in [-0.25, -0.2) is 4.98 Å². The minimum atomic E-state index is -0.0498. The Hall–Kier alpha value is -1.49. The lowest BCUT2D eigenvalue weighted by Gasteiger charge is -2.31. The van der Waals surface area contributed by atoms with Crippen molar-refractivity contribution in [2.45, 2.75) is 25.8 Å². The third kappa shape index (κ3) is 2.79. The second-order valence-electron chi connectivity index (χ2n) is 4.46. The van der Waals surface area contributed by atoms with Gasteiger partial charge in [0.15, 0.2) is 0 Å². The number of carbonyl (C=O) groups excluding carboxylic acids is 1. The van der Waals surface area contributed by atoms with Crippen LogP contribution >= 0.6 is 0 Å². The summed E-state index contributed by atoms with van der Waals surface area (Å²) in [4.78, 5) is 22.1. The molecule has 2 rings (SSSR count). The SMILES string of the molecule is Cc1cnc(C(=O)N(C)C2CCCNC2)cn1. The standard InChI is InChI=1S/C12H18N4O/c1-9-6-15-11(8-14-9)12(17)16(2)10-4-3-5-13-7-10/h6,8,10,13H,3-5,7H2,1-2H3. The zero-order chi connectivity index (χ0) is 12.3. The fraction of sp³-hybridized carbons (Fsp3) is 0.583. The monoisotopic (exact) mass is 234 g/mol. The zero-order valence-electron chi connectivity index (χ0n) is 10.3. The van der Waals surface area contributed by atoms with Gasteiger partial charge in [-0.05, 0) is 26.3 Å². The predicted molar refractivity (Wildman–Crippen MR) is 64.8 cm³/mol. The molecule has 1 aromatic heterocycles. The number of nitrogens with zero attached hydrogens (tertiary/aromatic N) is 3. The molecule has 0 aromatic carbocycles. The van der Waals surface area contributed by atoms with Gasteiger partial charge >= 0.3 is 0 Å². The van der Waals surface area contributed by atoms with Crippen molar-refractivity contribution in [2.75, 3.05) is 20.1 Å². The van der Waals surface area contributed by atoms with Crippen LogP contribution < -0.4 is 5.32 Å². The van der Waals surface area contributed by atoms with Crippen molar-refractivity contribution < 1.29 is 4.79 Å². The van der Waals surface area contributed by atoms with Gasteiger partial charge in [-0.3, -0.25) is 9.78 Å². The lowest BCUT2D eigenvalue weighted by Crippen LogP contribution is -2.46. The van der Waals surface area contributed by atoms with E-state index in [1.54, 1.807) is 17.3 Å². The van der Waals surface area contributed by atoms with Crippen molar-refractivity contribution >= 4 is 5.91 Å². The fourth-order valence-corrected chi connectivity index (χ4v) is 2.01. The summed E-state index contributed by atoms with van der Waals surface area (Å²) in [6.07, 6.45) is 5.33. The van der Waals surface area contributed by atoms with E-state index in [0.29, 0.717) is 5.69 Å². The molecule has 0 saturated carbocycles. The smallest absolute Gasteiger partial charge is 0.274 e. The third-order valence-corrected chi connectivity index (χ3v) is 3.14. The van der Waals surface area contributed by atoms with Gasteiger partial charge in [-0.2, -0.15) is 0 Å². The highest BCUT2D eigenvalue weighted by molar-refractivity contribution is 5.92. The van der Waals surface area contributed by atoms with Crippen LogP contribution in [-0.2, 0) is 0 Å². The Kier molecular flexibility index (Phi) is 3.68. The largest absolute Gasteiger partial charge is 0.336 e. The molecular formula is C12H18N4O. The summed E-state index contributed by atoms with van der Waals surface area (Å²) >= 11 is 0. The number of nitrogens with one attached hydrogen (secondary N) is 1. The Morgan fingerprint density at radius 1 is 1.47 bits per heavy atom. The highest BCUT2D eigenvalue weighted by Crippen LogP contribution is 2.11. The van der Waals surface area contributed by atoms with Crippen LogP contribution in [0.3, 0.4) is 0 Å². The molecule has 5 heteroatoms. The molecule has 92 valence electrons. The van der Waals surface area contributed by atoms with E-state index in [4.69, 9.17) is 0 Å². The Bertz CT molecular complexity index is 384. The number of hydrogen-bond acceptors (Lipinski definition) is 4. The molecule has 0 spiro atoms. The predicted octanol–water partition coefficient (Wildman–Crippen LogP) is 0.609. The van der Waals surface area contributed by atoms with Crippen LogP contribution in [0.25, 0.3) is 0 Å². The molecular weight excluding hydrogens is 216 g/mol. The van der Waals surface area contributed by atoms with Crippen LogP contribution in [0.4, 0.5) is 0 Å². The fourth-order valence-electron chi connectivity index (χ4n) is 2.01. The van der Waals surface area contributed by atoms with E-state index in [9.17, 15) is 4.79 Å². The molecule has 17 heavy (non-hydrogen) atoms. The van der Waals surface area contributed by atoms with Gasteiger partial charge in [-0.15, -0.1) is 0 Å². The highest BCUT2D eigenvalue weighted by atomic mass is 16.2. The molecule has 1 atom stereocenters. The van der Waals surface area contributed by atoms with E-state index in [1.165, 1.54) is 0 Å². The Labute approximate surface area is 101 Å². The van der Waals surface area contributed by atoms with Gasteiger partial charge in [-0.1, -0.05) is 0 Å².